The number of ketones is 3. The van der Waals surface area contributed by atoms with E-state index in [2.05, 4.69) is 0 Å². The van der Waals surface area contributed by atoms with Crippen molar-refractivity contribution in [3.63, 3.8) is 0 Å². The van der Waals surface area contributed by atoms with Crippen LogP contribution in [-0.4, -0.2) is 17.3 Å². The highest BCUT2D eigenvalue weighted by Gasteiger charge is 2.41. The number of hydrogen-bond donors (Lipinski definition) is 0. The lowest BCUT2D eigenvalue weighted by atomic mass is 9.70. The molecule has 0 amide bonds. The van der Waals surface area contributed by atoms with Gasteiger partial charge in [-0.2, -0.15) is 0 Å². The zero-order valence-corrected chi connectivity index (χ0v) is 8.22. The largest absolute Gasteiger partial charge is 0.299 e. The van der Waals surface area contributed by atoms with Gasteiger partial charge in [-0.05, 0) is 5.41 Å². The average molecular weight is 182 g/mol. The molecule has 1 rings (SSSR count). The Bertz CT molecular complexity index is 250. The van der Waals surface area contributed by atoms with Gasteiger partial charge in [-0.1, -0.05) is 20.8 Å². The molecule has 0 spiro atoms. The second kappa shape index (κ2) is 3.05. The molecular formula is C10H14O3. The van der Waals surface area contributed by atoms with Crippen molar-refractivity contribution in [2.24, 2.45) is 11.3 Å². The molecular weight excluding hydrogens is 168 g/mol. The molecule has 0 saturated heterocycles. The molecule has 13 heavy (non-hydrogen) atoms. The Labute approximate surface area is 77.5 Å². The quantitative estimate of drug-likeness (QED) is 0.528. The third kappa shape index (κ3) is 2.02. The van der Waals surface area contributed by atoms with Gasteiger partial charge in [0.1, 0.15) is 5.78 Å². The third-order valence-corrected chi connectivity index (χ3v) is 2.25. The molecule has 0 aromatic carbocycles. The molecule has 0 atom stereocenters. The Kier molecular flexibility index (Phi) is 2.37. The Balaban J connectivity index is 2.92. The molecule has 0 unspecified atom stereocenters. The van der Waals surface area contributed by atoms with Crippen LogP contribution in [-0.2, 0) is 14.4 Å². The highest BCUT2D eigenvalue weighted by molar-refractivity contribution is 6.20. The van der Waals surface area contributed by atoms with Crippen LogP contribution in [0.2, 0.25) is 0 Å². The standard InChI is InChI=1S/C10H14O3/c1-10(2,3)9-7(12)4-6(11)5-8(9)13/h9H,4-5H2,1-3H3. The molecule has 0 aromatic heterocycles. The number of carbonyl (C=O) groups excluding carboxylic acids is 3. The Morgan fingerprint density at radius 1 is 1.00 bits per heavy atom. The predicted octanol–water partition coefficient (Wildman–Crippen LogP) is 1.15. The minimum absolute atomic E-state index is 0.0618. The molecule has 1 aliphatic carbocycles. The summed E-state index contributed by atoms with van der Waals surface area (Å²) in [6.45, 7) is 5.55. The lowest BCUT2D eigenvalue weighted by Crippen LogP contribution is -2.41. The van der Waals surface area contributed by atoms with Crippen molar-refractivity contribution >= 4 is 17.3 Å². The summed E-state index contributed by atoms with van der Waals surface area (Å²) in [6, 6.07) is 0. The maximum Gasteiger partial charge on any atom is 0.151 e. The van der Waals surface area contributed by atoms with Crippen molar-refractivity contribution in [1.82, 2.24) is 0 Å². The van der Waals surface area contributed by atoms with E-state index in [1.165, 1.54) is 0 Å². The molecule has 0 radical (unpaired) electrons. The summed E-state index contributed by atoms with van der Waals surface area (Å²) in [4.78, 5) is 33.8. The molecule has 0 aromatic rings. The fourth-order valence-electron chi connectivity index (χ4n) is 1.80. The van der Waals surface area contributed by atoms with E-state index in [1.54, 1.807) is 0 Å². The van der Waals surface area contributed by atoms with Crippen LogP contribution in [0.3, 0.4) is 0 Å². The number of rotatable bonds is 0. The van der Waals surface area contributed by atoms with Gasteiger partial charge in [-0.25, -0.2) is 0 Å². The van der Waals surface area contributed by atoms with E-state index < -0.39 is 5.92 Å². The Morgan fingerprint density at radius 2 is 1.38 bits per heavy atom. The topological polar surface area (TPSA) is 51.2 Å². The summed E-state index contributed by atoms with van der Waals surface area (Å²) in [6.07, 6.45) is -0.124. The first-order valence-electron chi connectivity index (χ1n) is 4.39. The van der Waals surface area contributed by atoms with Gasteiger partial charge in [-0.3, -0.25) is 14.4 Å². The van der Waals surface area contributed by atoms with Crippen LogP contribution in [0.4, 0.5) is 0 Å². The van der Waals surface area contributed by atoms with Gasteiger partial charge in [-0.15, -0.1) is 0 Å². The van der Waals surface area contributed by atoms with Crippen molar-refractivity contribution in [2.45, 2.75) is 33.6 Å². The van der Waals surface area contributed by atoms with Crippen molar-refractivity contribution in [3.05, 3.63) is 0 Å². The summed E-state index contributed by atoms with van der Waals surface area (Å²) < 4.78 is 0. The van der Waals surface area contributed by atoms with Gasteiger partial charge in [0.15, 0.2) is 11.6 Å². The monoisotopic (exact) mass is 182 g/mol. The van der Waals surface area contributed by atoms with E-state index >= 15 is 0 Å². The summed E-state index contributed by atoms with van der Waals surface area (Å²) in [7, 11) is 0. The Morgan fingerprint density at radius 3 is 1.69 bits per heavy atom. The predicted molar refractivity (Wildman–Crippen MR) is 47.2 cm³/mol. The van der Waals surface area contributed by atoms with Gasteiger partial charge < -0.3 is 0 Å². The van der Waals surface area contributed by atoms with Gasteiger partial charge in [0, 0.05) is 0 Å². The number of carbonyl (C=O) groups is 3. The molecule has 72 valence electrons. The molecule has 3 nitrogen and oxygen atoms in total. The van der Waals surface area contributed by atoms with E-state index in [0.29, 0.717) is 0 Å². The zero-order chi connectivity index (χ0) is 10.2. The normalized spacial score (nSPS) is 21.0. The van der Waals surface area contributed by atoms with Crippen molar-refractivity contribution < 1.29 is 14.4 Å². The second-order valence-electron chi connectivity index (χ2n) is 4.62. The molecule has 1 aliphatic rings. The fraction of sp³-hybridized carbons (Fsp3) is 0.700. The number of hydrogen-bond acceptors (Lipinski definition) is 3. The lowest BCUT2D eigenvalue weighted by Gasteiger charge is -2.30. The first-order chi connectivity index (χ1) is 5.82. The minimum atomic E-state index is -0.579. The second-order valence-corrected chi connectivity index (χ2v) is 4.62. The molecule has 0 N–H and O–H groups in total. The van der Waals surface area contributed by atoms with E-state index in [-0.39, 0.29) is 35.6 Å². The molecule has 0 aliphatic heterocycles. The van der Waals surface area contributed by atoms with Crippen LogP contribution in [0.15, 0.2) is 0 Å². The average Bonchev–Trinajstić information content (AvgIpc) is 1.78. The summed E-state index contributed by atoms with van der Waals surface area (Å²) in [5.41, 5.74) is -0.352. The molecule has 0 heterocycles. The van der Waals surface area contributed by atoms with Gasteiger partial charge in [0.2, 0.25) is 0 Å². The smallest absolute Gasteiger partial charge is 0.151 e. The van der Waals surface area contributed by atoms with E-state index in [1.807, 2.05) is 20.8 Å². The molecule has 1 fully saturated rings. The molecule has 0 bridgehead atoms. The maximum absolute atomic E-state index is 11.4. The van der Waals surface area contributed by atoms with Crippen molar-refractivity contribution in [1.29, 1.82) is 0 Å². The summed E-state index contributed by atoms with van der Waals surface area (Å²) >= 11 is 0. The zero-order valence-electron chi connectivity index (χ0n) is 8.22. The summed E-state index contributed by atoms with van der Waals surface area (Å²) in [5, 5.41) is 0. The summed E-state index contributed by atoms with van der Waals surface area (Å²) in [5.74, 6) is -1.25. The SMILES string of the molecule is CC(C)(C)C1C(=O)CC(=O)CC1=O. The molecule has 1 saturated carbocycles. The van der Waals surface area contributed by atoms with Crippen LogP contribution in [0.1, 0.15) is 33.6 Å². The van der Waals surface area contributed by atoms with Crippen LogP contribution in [0.5, 0.6) is 0 Å². The fourth-order valence-corrected chi connectivity index (χ4v) is 1.80. The minimum Gasteiger partial charge on any atom is -0.299 e. The first kappa shape index (κ1) is 10.1. The van der Waals surface area contributed by atoms with Crippen molar-refractivity contribution in [2.75, 3.05) is 0 Å². The number of Topliss-reactive ketones (excluding diaryl/α,β-unsaturated/α-hetero) is 3. The maximum atomic E-state index is 11.4. The lowest BCUT2D eigenvalue weighted by molar-refractivity contribution is -0.144. The van der Waals surface area contributed by atoms with Crippen LogP contribution < -0.4 is 0 Å². The van der Waals surface area contributed by atoms with E-state index in [0.717, 1.165) is 0 Å². The van der Waals surface area contributed by atoms with Crippen LogP contribution >= 0.6 is 0 Å². The van der Waals surface area contributed by atoms with Gasteiger partial charge in [0.05, 0.1) is 18.8 Å². The van der Waals surface area contributed by atoms with Crippen LogP contribution in [0.25, 0.3) is 0 Å². The third-order valence-electron chi connectivity index (χ3n) is 2.25. The van der Waals surface area contributed by atoms with Crippen LogP contribution in [0, 0.1) is 11.3 Å². The van der Waals surface area contributed by atoms with Gasteiger partial charge >= 0.3 is 0 Å². The van der Waals surface area contributed by atoms with E-state index in [4.69, 9.17) is 0 Å². The highest BCUT2D eigenvalue weighted by atomic mass is 16.2. The molecule has 3 heteroatoms. The van der Waals surface area contributed by atoms with Gasteiger partial charge in [0.25, 0.3) is 0 Å². The Hall–Kier alpha value is -0.990. The highest BCUT2D eigenvalue weighted by Crippen LogP contribution is 2.32. The van der Waals surface area contributed by atoms with Crippen molar-refractivity contribution in [3.8, 4) is 0 Å². The van der Waals surface area contributed by atoms with E-state index in [9.17, 15) is 14.4 Å². The first-order valence-corrected chi connectivity index (χ1v) is 4.39.